The molecule has 2 heterocycles. The molecule has 124 valence electrons. The molecular weight excluding hydrogens is 348 g/mol. The van der Waals surface area contributed by atoms with Gasteiger partial charge in [-0.15, -0.1) is 0 Å². The quantitative estimate of drug-likeness (QED) is 0.605. The number of nitrogens with one attached hydrogen (secondary N) is 3. The van der Waals surface area contributed by atoms with Gasteiger partial charge in [-0.05, 0) is 54.3 Å². The Kier molecular flexibility index (Phi) is 3.63. The number of fused-ring (bicyclic) bond motifs is 1. The van der Waals surface area contributed by atoms with Crippen LogP contribution in [0.1, 0.15) is 23.3 Å². The Bertz CT molecular complexity index is 932. The molecule has 0 bridgehead atoms. The van der Waals surface area contributed by atoms with Crippen molar-refractivity contribution in [3.63, 3.8) is 0 Å². The van der Waals surface area contributed by atoms with E-state index in [-0.39, 0.29) is 5.91 Å². The van der Waals surface area contributed by atoms with Gasteiger partial charge in [0.15, 0.2) is 5.13 Å². The van der Waals surface area contributed by atoms with E-state index in [1.54, 1.807) is 24.4 Å². The molecule has 1 atom stereocenters. The van der Waals surface area contributed by atoms with Gasteiger partial charge >= 0.3 is 0 Å². The van der Waals surface area contributed by atoms with Crippen LogP contribution in [-0.4, -0.2) is 29.5 Å². The first-order valence-electron chi connectivity index (χ1n) is 7.29. The summed E-state index contributed by atoms with van der Waals surface area (Å²) in [5, 5.41) is 6.31. The molecule has 3 N–H and O–H groups in total. The first kappa shape index (κ1) is 15.3. The average molecular weight is 361 g/mol. The first-order valence-corrected chi connectivity index (χ1v) is 9.18. The predicted molar refractivity (Wildman–Crippen MR) is 92.9 cm³/mol. The van der Waals surface area contributed by atoms with Gasteiger partial charge in [0.2, 0.25) is 0 Å². The number of carbonyl (C=O) groups excluding carboxylic acids is 1. The SMILES string of the molecule is O=C(Nc1nc2ccc(NC3(S(=O)[O-])CC3)cc2s1)c1ccc[nH]1. The van der Waals surface area contributed by atoms with E-state index < -0.39 is 16.0 Å². The molecule has 1 fully saturated rings. The number of carbonyl (C=O) groups is 1. The van der Waals surface area contributed by atoms with Gasteiger partial charge in [-0.25, -0.2) is 4.98 Å². The lowest BCUT2D eigenvalue weighted by Crippen LogP contribution is -2.26. The minimum atomic E-state index is -2.15. The molecule has 2 aromatic heterocycles. The number of hydrogen-bond acceptors (Lipinski definition) is 6. The maximum Gasteiger partial charge on any atom is 0.273 e. The largest absolute Gasteiger partial charge is 0.771 e. The van der Waals surface area contributed by atoms with Crippen LogP contribution >= 0.6 is 11.3 Å². The summed E-state index contributed by atoms with van der Waals surface area (Å²) in [7, 11) is 0. The van der Waals surface area contributed by atoms with Crippen molar-refractivity contribution < 1.29 is 13.6 Å². The van der Waals surface area contributed by atoms with Crippen LogP contribution in [0.25, 0.3) is 10.2 Å². The van der Waals surface area contributed by atoms with Crippen molar-refractivity contribution in [3.05, 3.63) is 42.2 Å². The zero-order valence-electron chi connectivity index (χ0n) is 12.4. The third-order valence-electron chi connectivity index (χ3n) is 3.85. The maximum absolute atomic E-state index is 12.0. The highest BCUT2D eigenvalue weighted by Gasteiger charge is 2.44. The topological polar surface area (TPSA) is 110 Å². The Morgan fingerprint density at radius 3 is 2.88 bits per heavy atom. The van der Waals surface area contributed by atoms with Crippen LogP contribution in [0, 0.1) is 0 Å². The van der Waals surface area contributed by atoms with E-state index >= 15 is 0 Å². The third kappa shape index (κ3) is 2.81. The number of H-pyrrole nitrogens is 1. The minimum absolute atomic E-state index is 0.254. The van der Waals surface area contributed by atoms with E-state index in [1.165, 1.54) is 11.3 Å². The Hall–Kier alpha value is -2.23. The fourth-order valence-electron chi connectivity index (χ4n) is 2.40. The molecule has 0 aliphatic heterocycles. The lowest BCUT2D eigenvalue weighted by molar-refractivity contribution is 0.102. The molecule has 4 rings (SSSR count). The van der Waals surface area contributed by atoms with Crippen molar-refractivity contribution in [2.24, 2.45) is 0 Å². The summed E-state index contributed by atoms with van der Waals surface area (Å²) < 4.78 is 23.4. The lowest BCUT2D eigenvalue weighted by atomic mass is 10.3. The number of amides is 1. The molecule has 1 aliphatic carbocycles. The highest BCUT2D eigenvalue weighted by Crippen LogP contribution is 2.42. The Morgan fingerprint density at radius 2 is 2.21 bits per heavy atom. The summed E-state index contributed by atoms with van der Waals surface area (Å²) in [4.78, 5) is 18.4. The second-order valence-electron chi connectivity index (χ2n) is 5.59. The summed E-state index contributed by atoms with van der Waals surface area (Å²) in [5.41, 5.74) is 1.95. The van der Waals surface area contributed by atoms with Crippen LogP contribution in [0.2, 0.25) is 0 Å². The van der Waals surface area contributed by atoms with Crippen molar-refractivity contribution >= 4 is 49.4 Å². The van der Waals surface area contributed by atoms with E-state index in [9.17, 15) is 13.6 Å². The number of benzene rings is 1. The molecule has 0 saturated heterocycles. The van der Waals surface area contributed by atoms with E-state index in [0.29, 0.717) is 23.7 Å². The van der Waals surface area contributed by atoms with Gasteiger partial charge in [-0.2, -0.15) is 0 Å². The van der Waals surface area contributed by atoms with Gasteiger partial charge in [0.25, 0.3) is 5.91 Å². The molecule has 24 heavy (non-hydrogen) atoms. The van der Waals surface area contributed by atoms with E-state index in [0.717, 1.165) is 15.9 Å². The number of nitrogens with zero attached hydrogens (tertiary/aromatic N) is 1. The van der Waals surface area contributed by atoms with Crippen LogP contribution in [0.4, 0.5) is 10.8 Å². The summed E-state index contributed by atoms with van der Waals surface area (Å²) in [6, 6.07) is 8.89. The van der Waals surface area contributed by atoms with Crippen molar-refractivity contribution in [2.75, 3.05) is 10.6 Å². The number of anilines is 2. The van der Waals surface area contributed by atoms with Crippen LogP contribution in [0.3, 0.4) is 0 Å². The van der Waals surface area contributed by atoms with Crippen LogP contribution in [0.15, 0.2) is 36.5 Å². The van der Waals surface area contributed by atoms with Gasteiger partial charge in [0, 0.05) is 11.9 Å². The fourth-order valence-corrected chi connectivity index (χ4v) is 3.94. The second kappa shape index (κ2) is 5.69. The zero-order valence-corrected chi connectivity index (χ0v) is 14.0. The van der Waals surface area contributed by atoms with Gasteiger partial charge in [0.1, 0.15) is 10.6 Å². The van der Waals surface area contributed by atoms with Gasteiger partial charge in [-0.3, -0.25) is 14.3 Å². The molecule has 1 aromatic carbocycles. The summed E-state index contributed by atoms with van der Waals surface area (Å²) in [6.45, 7) is 0. The van der Waals surface area contributed by atoms with Crippen molar-refractivity contribution in [1.82, 2.24) is 9.97 Å². The first-order chi connectivity index (χ1) is 11.6. The monoisotopic (exact) mass is 361 g/mol. The molecule has 0 spiro atoms. The van der Waals surface area contributed by atoms with E-state index in [4.69, 9.17) is 0 Å². The molecule has 1 amide bonds. The number of rotatable bonds is 5. The molecule has 1 aliphatic rings. The fraction of sp³-hybridized carbons (Fsp3) is 0.200. The smallest absolute Gasteiger partial charge is 0.273 e. The molecule has 1 saturated carbocycles. The number of aromatic nitrogens is 2. The van der Waals surface area contributed by atoms with Crippen LogP contribution < -0.4 is 10.6 Å². The minimum Gasteiger partial charge on any atom is -0.771 e. The Balaban J connectivity index is 1.55. The Morgan fingerprint density at radius 1 is 1.38 bits per heavy atom. The Labute approximate surface area is 143 Å². The maximum atomic E-state index is 12.0. The van der Waals surface area contributed by atoms with Gasteiger partial charge < -0.3 is 14.9 Å². The van der Waals surface area contributed by atoms with Crippen LogP contribution in [0.5, 0.6) is 0 Å². The highest BCUT2D eigenvalue weighted by molar-refractivity contribution is 7.81. The molecule has 7 nitrogen and oxygen atoms in total. The van der Waals surface area contributed by atoms with Gasteiger partial charge in [0.05, 0.1) is 10.2 Å². The third-order valence-corrected chi connectivity index (χ3v) is 5.93. The summed E-state index contributed by atoms with van der Waals surface area (Å²) in [5.74, 6) is -0.254. The van der Waals surface area contributed by atoms with Crippen LogP contribution in [-0.2, 0) is 11.1 Å². The molecule has 9 heteroatoms. The lowest BCUT2D eigenvalue weighted by Gasteiger charge is -2.21. The van der Waals surface area contributed by atoms with E-state index in [2.05, 4.69) is 20.6 Å². The highest BCUT2D eigenvalue weighted by atomic mass is 32.2. The number of thiazole rings is 1. The van der Waals surface area contributed by atoms with E-state index in [1.807, 2.05) is 12.1 Å². The van der Waals surface area contributed by atoms with Crippen molar-refractivity contribution in [1.29, 1.82) is 0 Å². The molecule has 1 unspecified atom stereocenters. The summed E-state index contributed by atoms with van der Waals surface area (Å²) in [6.07, 6.45) is 2.90. The normalized spacial score (nSPS) is 16.7. The number of aromatic amines is 1. The van der Waals surface area contributed by atoms with Gasteiger partial charge in [-0.1, -0.05) is 11.3 Å². The standard InChI is InChI=1S/C15H14N4O3S2/c20-13(11-2-1-7-16-11)18-14-17-10-4-3-9(8-12(10)23-14)19-15(5-6-15)24(21)22/h1-4,7-8,16,19H,5-6H2,(H,21,22)(H,17,18,20)/p-1. The zero-order chi connectivity index (χ0) is 16.7. The molecular formula is C15H13N4O3S2-. The summed E-state index contributed by atoms with van der Waals surface area (Å²) >= 11 is -0.812. The molecule has 3 aromatic rings. The second-order valence-corrected chi connectivity index (χ2v) is 7.87. The molecule has 0 radical (unpaired) electrons. The number of hydrogen-bond donors (Lipinski definition) is 3. The van der Waals surface area contributed by atoms with Crippen molar-refractivity contribution in [3.8, 4) is 0 Å². The average Bonchev–Trinajstić information content (AvgIpc) is 2.99. The van der Waals surface area contributed by atoms with Crippen molar-refractivity contribution in [2.45, 2.75) is 17.7 Å². The predicted octanol–water partition coefficient (Wildman–Crippen LogP) is 2.66.